The predicted octanol–water partition coefficient (Wildman–Crippen LogP) is 2.47. The van der Waals surface area contributed by atoms with Crippen LogP contribution in [0.25, 0.3) is 0 Å². The van der Waals surface area contributed by atoms with Gasteiger partial charge in [0.25, 0.3) is 5.91 Å². The number of phenolic OH excluding ortho intramolecular Hbond substituents is 1. The molecule has 2 N–H and O–H groups in total. The van der Waals surface area contributed by atoms with E-state index in [0.717, 1.165) is 12.5 Å². The van der Waals surface area contributed by atoms with Crippen molar-refractivity contribution in [3.05, 3.63) is 33.9 Å². The van der Waals surface area contributed by atoms with Crippen LogP contribution in [0.15, 0.2) is 18.2 Å². The number of benzene rings is 1. The summed E-state index contributed by atoms with van der Waals surface area (Å²) in [5.74, 6) is -1.11. The summed E-state index contributed by atoms with van der Waals surface area (Å²) in [4.78, 5) is 21.8. The van der Waals surface area contributed by atoms with E-state index in [4.69, 9.17) is 0 Å². The molecule has 19 heavy (non-hydrogen) atoms. The quantitative estimate of drug-likeness (QED) is 0.646. The van der Waals surface area contributed by atoms with Crippen molar-refractivity contribution in [3.8, 4) is 5.75 Å². The summed E-state index contributed by atoms with van der Waals surface area (Å²) in [6.45, 7) is 6.59. The third kappa shape index (κ3) is 4.24. The Bertz CT molecular complexity index is 492. The predicted molar refractivity (Wildman–Crippen MR) is 71.2 cm³/mol. The van der Waals surface area contributed by atoms with Gasteiger partial charge < -0.3 is 10.4 Å². The number of nitrogens with zero attached hydrogens (tertiary/aromatic N) is 1. The van der Waals surface area contributed by atoms with Crippen molar-refractivity contribution in [2.75, 3.05) is 6.54 Å². The Morgan fingerprint density at radius 1 is 1.42 bits per heavy atom. The van der Waals surface area contributed by atoms with Crippen LogP contribution in [-0.4, -0.2) is 22.5 Å². The molecule has 0 saturated heterocycles. The molecule has 1 aromatic carbocycles. The molecule has 0 fully saturated rings. The second-order valence-electron chi connectivity index (χ2n) is 5.50. The van der Waals surface area contributed by atoms with E-state index in [1.54, 1.807) is 0 Å². The lowest BCUT2D eigenvalue weighted by molar-refractivity contribution is -0.385. The largest absolute Gasteiger partial charge is 0.502 e. The van der Waals surface area contributed by atoms with Gasteiger partial charge in [0, 0.05) is 12.6 Å². The first-order valence-electron chi connectivity index (χ1n) is 5.97. The minimum absolute atomic E-state index is 0.0805. The Morgan fingerprint density at radius 3 is 2.58 bits per heavy atom. The smallest absolute Gasteiger partial charge is 0.311 e. The van der Waals surface area contributed by atoms with Crippen molar-refractivity contribution in [1.82, 2.24) is 5.32 Å². The molecule has 0 aliphatic rings. The number of nitro benzene ring substituents is 1. The number of rotatable bonds is 4. The molecule has 1 aromatic rings. The van der Waals surface area contributed by atoms with E-state index in [-0.39, 0.29) is 11.0 Å². The first-order valence-corrected chi connectivity index (χ1v) is 5.97. The summed E-state index contributed by atoms with van der Waals surface area (Å²) in [6, 6.07) is 3.88. The summed E-state index contributed by atoms with van der Waals surface area (Å²) < 4.78 is 0. The fraction of sp³-hybridized carbons (Fsp3) is 0.462. The van der Waals surface area contributed by atoms with Crippen molar-refractivity contribution in [3.63, 3.8) is 0 Å². The van der Waals surface area contributed by atoms with Gasteiger partial charge in [-0.15, -0.1) is 0 Å². The summed E-state index contributed by atoms with van der Waals surface area (Å²) in [5.41, 5.74) is -0.468. The molecule has 0 atom stereocenters. The summed E-state index contributed by atoms with van der Waals surface area (Å²) in [6.07, 6.45) is 0.772. The van der Waals surface area contributed by atoms with Crippen LogP contribution >= 0.6 is 0 Å². The number of carbonyl (C=O) groups is 1. The van der Waals surface area contributed by atoms with Crippen LogP contribution in [0.1, 0.15) is 37.6 Å². The molecule has 6 nitrogen and oxygen atoms in total. The Labute approximate surface area is 111 Å². The van der Waals surface area contributed by atoms with E-state index in [2.05, 4.69) is 5.32 Å². The zero-order valence-electron chi connectivity index (χ0n) is 11.3. The molecule has 6 heteroatoms. The molecule has 0 radical (unpaired) electrons. The number of nitrogens with one attached hydrogen (secondary N) is 1. The van der Waals surface area contributed by atoms with E-state index >= 15 is 0 Å². The molecule has 1 rings (SSSR count). The number of phenols is 1. The van der Waals surface area contributed by atoms with Crippen LogP contribution in [0.2, 0.25) is 0 Å². The lowest BCUT2D eigenvalue weighted by atomic mass is 9.92. The standard InChI is InChI=1S/C13H18N2O4/c1-13(2,3)7-8-14-12(17)9-5-4-6-10(11(9)16)15(18)19/h4-6,16H,7-8H2,1-3H3,(H,14,17). The highest BCUT2D eigenvalue weighted by molar-refractivity contribution is 5.98. The molecular weight excluding hydrogens is 248 g/mol. The van der Waals surface area contributed by atoms with Gasteiger partial charge in [-0.3, -0.25) is 14.9 Å². The molecule has 0 aromatic heterocycles. The van der Waals surface area contributed by atoms with E-state index in [1.807, 2.05) is 20.8 Å². The van der Waals surface area contributed by atoms with Gasteiger partial charge in [-0.25, -0.2) is 0 Å². The Balaban J connectivity index is 2.78. The SMILES string of the molecule is CC(C)(C)CCNC(=O)c1cccc([N+](=O)[O-])c1O. The van der Waals surface area contributed by atoms with Crippen LogP contribution in [0.4, 0.5) is 5.69 Å². The highest BCUT2D eigenvalue weighted by Gasteiger charge is 2.21. The second kappa shape index (κ2) is 5.69. The van der Waals surface area contributed by atoms with Gasteiger partial charge in [-0.1, -0.05) is 26.8 Å². The van der Waals surface area contributed by atoms with Gasteiger partial charge in [0.1, 0.15) is 0 Å². The molecule has 0 heterocycles. The maximum atomic E-state index is 11.8. The van der Waals surface area contributed by atoms with Crippen LogP contribution in [0.3, 0.4) is 0 Å². The van der Waals surface area contributed by atoms with Crippen molar-refractivity contribution in [1.29, 1.82) is 0 Å². The molecule has 104 valence electrons. The molecule has 0 saturated carbocycles. The van der Waals surface area contributed by atoms with E-state index < -0.39 is 22.3 Å². The van der Waals surface area contributed by atoms with Crippen molar-refractivity contribution >= 4 is 11.6 Å². The average molecular weight is 266 g/mol. The number of hydrogen-bond acceptors (Lipinski definition) is 4. The normalized spacial score (nSPS) is 11.1. The topological polar surface area (TPSA) is 92.5 Å². The monoisotopic (exact) mass is 266 g/mol. The highest BCUT2D eigenvalue weighted by Crippen LogP contribution is 2.29. The van der Waals surface area contributed by atoms with E-state index in [0.29, 0.717) is 6.54 Å². The first kappa shape index (κ1) is 14.9. The Hall–Kier alpha value is -2.11. The zero-order valence-corrected chi connectivity index (χ0v) is 11.3. The molecule has 0 unspecified atom stereocenters. The van der Waals surface area contributed by atoms with Crippen molar-refractivity contribution in [2.45, 2.75) is 27.2 Å². The number of aromatic hydroxyl groups is 1. The van der Waals surface area contributed by atoms with Gasteiger partial charge >= 0.3 is 5.69 Å². The van der Waals surface area contributed by atoms with Gasteiger partial charge in [0.05, 0.1) is 10.5 Å². The van der Waals surface area contributed by atoms with Gasteiger partial charge in [-0.05, 0) is 17.9 Å². The molecule has 0 spiro atoms. The van der Waals surface area contributed by atoms with E-state index in [1.165, 1.54) is 12.1 Å². The summed E-state index contributed by atoms with van der Waals surface area (Å²) >= 11 is 0. The van der Waals surface area contributed by atoms with Crippen LogP contribution < -0.4 is 5.32 Å². The molecule has 0 bridgehead atoms. The Kier molecular flexibility index (Phi) is 4.47. The summed E-state index contributed by atoms with van der Waals surface area (Å²) in [5, 5.41) is 23.0. The number of amides is 1. The van der Waals surface area contributed by atoms with E-state index in [9.17, 15) is 20.0 Å². The average Bonchev–Trinajstić information content (AvgIpc) is 2.26. The summed E-state index contributed by atoms with van der Waals surface area (Å²) in [7, 11) is 0. The van der Waals surface area contributed by atoms with Gasteiger partial charge in [0.2, 0.25) is 5.75 Å². The lowest BCUT2D eigenvalue weighted by Gasteiger charge is -2.18. The molecule has 0 aliphatic heterocycles. The number of carbonyl (C=O) groups excluding carboxylic acids is 1. The third-order valence-electron chi connectivity index (χ3n) is 2.62. The van der Waals surface area contributed by atoms with Crippen molar-refractivity contribution < 1.29 is 14.8 Å². The molecule has 1 amide bonds. The lowest BCUT2D eigenvalue weighted by Crippen LogP contribution is -2.27. The second-order valence-corrected chi connectivity index (χ2v) is 5.50. The van der Waals surface area contributed by atoms with Crippen molar-refractivity contribution in [2.24, 2.45) is 5.41 Å². The number of nitro groups is 1. The maximum absolute atomic E-state index is 11.8. The fourth-order valence-corrected chi connectivity index (χ4v) is 1.51. The molecular formula is C13H18N2O4. The van der Waals surface area contributed by atoms with Gasteiger partial charge in [0.15, 0.2) is 0 Å². The number of para-hydroxylation sites is 1. The van der Waals surface area contributed by atoms with Gasteiger partial charge in [-0.2, -0.15) is 0 Å². The van der Waals surface area contributed by atoms with Crippen LogP contribution in [0, 0.1) is 15.5 Å². The third-order valence-corrected chi connectivity index (χ3v) is 2.62. The van der Waals surface area contributed by atoms with Crippen LogP contribution in [-0.2, 0) is 0 Å². The molecule has 0 aliphatic carbocycles. The zero-order chi connectivity index (χ0) is 14.6. The Morgan fingerprint density at radius 2 is 2.05 bits per heavy atom. The minimum atomic E-state index is -0.721. The maximum Gasteiger partial charge on any atom is 0.311 e. The number of hydrogen-bond donors (Lipinski definition) is 2. The first-order chi connectivity index (χ1) is 8.72. The fourth-order valence-electron chi connectivity index (χ4n) is 1.51. The highest BCUT2D eigenvalue weighted by atomic mass is 16.6. The van der Waals surface area contributed by atoms with Crippen LogP contribution in [0.5, 0.6) is 5.75 Å². The minimum Gasteiger partial charge on any atom is -0.502 e.